The quantitative estimate of drug-likeness (QED) is 0.778. The zero-order valence-electron chi connectivity index (χ0n) is 10.3. The highest BCUT2D eigenvalue weighted by Crippen LogP contribution is 2.42. The summed E-state index contributed by atoms with van der Waals surface area (Å²) in [6, 6.07) is 3.62. The fourth-order valence-corrected chi connectivity index (χ4v) is 2.82. The van der Waals surface area contributed by atoms with E-state index in [2.05, 4.69) is 14.2 Å². The van der Waals surface area contributed by atoms with Crippen molar-refractivity contribution in [2.75, 3.05) is 17.1 Å². The van der Waals surface area contributed by atoms with Gasteiger partial charge < -0.3 is 14.6 Å². The third-order valence-corrected chi connectivity index (χ3v) is 3.87. The number of aliphatic hydroxyl groups is 1. The number of alkyl halides is 2. The van der Waals surface area contributed by atoms with E-state index in [0.29, 0.717) is 12.8 Å². The summed E-state index contributed by atoms with van der Waals surface area (Å²) < 4.78 is 59.7. The molecule has 0 aromatic heterocycles. The van der Waals surface area contributed by atoms with Crippen LogP contribution in [0.25, 0.3) is 0 Å². The molecule has 0 saturated carbocycles. The topological polar surface area (TPSA) is 84.9 Å². The fraction of sp³-hybridized carbons (Fsp3) is 0.455. The molecule has 112 valence electrons. The molecule has 2 rings (SSSR count). The number of ether oxygens (including phenoxy) is 2. The number of rotatable bonds is 6. The molecule has 9 heteroatoms. The van der Waals surface area contributed by atoms with Crippen LogP contribution in [0.1, 0.15) is 12.8 Å². The van der Waals surface area contributed by atoms with Crippen molar-refractivity contribution in [3.8, 4) is 11.5 Å². The first-order valence-electron chi connectivity index (χ1n) is 5.82. The highest BCUT2D eigenvalue weighted by molar-refractivity contribution is 7.92. The average Bonchev–Trinajstić information content (AvgIpc) is 2.62. The predicted molar refractivity (Wildman–Crippen MR) is 66.4 cm³/mol. The maximum atomic E-state index is 12.8. The van der Waals surface area contributed by atoms with Gasteiger partial charge in [-0.1, -0.05) is 0 Å². The van der Waals surface area contributed by atoms with Gasteiger partial charge >= 0.3 is 6.29 Å². The lowest BCUT2D eigenvalue weighted by atomic mass is 10.3. The van der Waals surface area contributed by atoms with Gasteiger partial charge in [0.05, 0.1) is 11.4 Å². The number of hydrogen-bond acceptors (Lipinski definition) is 5. The number of nitrogens with one attached hydrogen (secondary N) is 1. The molecule has 2 N–H and O–H groups in total. The van der Waals surface area contributed by atoms with Crippen LogP contribution in [0.2, 0.25) is 0 Å². The lowest BCUT2D eigenvalue weighted by Gasteiger charge is -2.08. The number of hydrogen-bond donors (Lipinski definition) is 2. The van der Waals surface area contributed by atoms with Crippen LogP contribution in [0.3, 0.4) is 0 Å². The number of sulfonamides is 1. The van der Waals surface area contributed by atoms with Crippen LogP contribution < -0.4 is 14.2 Å². The molecule has 1 aliphatic rings. The van der Waals surface area contributed by atoms with Gasteiger partial charge in [0.15, 0.2) is 11.5 Å². The summed E-state index contributed by atoms with van der Waals surface area (Å²) in [6.07, 6.45) is -3.07. The van der Waals surface area contributed by atoms with E-state index in [1.54, 1.807) is 0 Å². The van der Waals surface area contributed by atoms with Crippen molar-refractivity contribution in [2.24, 2.45) is 0 Å². The Morgan fingerprint density at radius 2 is 1.90 bits per heavy atom. The molecular weight excluding hydrogens is 296 g/mol. The Morgan fingerprint density at radius 3 is 2.60 bits per heavy atom. The Kier molecular flexibility index (Phi) is 4.00. The summed E-state index contributed by atoms with van der Waals surface area (Å²) in [4.78, 5) is 0. The lowest BCUT2D eigenvalue weighted by molar-refractivity contribution is -0.286. The van der Waals surface area contributed by atoms with Crippen LogP contribution in [-0.4, -0.2) is 32.2 Å². The molecule has 20 heavy (non-hydrogen) atoms. The number of unbranched alkanes of at least 4 members (excludes halogenated alkanes) is 1. The van der Waals surface area contributed by atoms with E-state index in [1.807, 2.05) is 0 Å². The second-order valence-electron chi connectivity index (χ2n) is 4.18. The molecule has 0 saturated heterocycles. The van der Waals surface area contributed by atoms with E-state index < -0.39 is 16.3 Å². The highest BCUT2D eigenvalue weighted by Gasteiger charge is 2.43. The monoisotopic (exact) mass is 309 g/mol. The highest BCUT2D eigenvalue weighted by atomic mass is 32.2. The molecular formula is C11H13F2NO5S. The van der Waals surface area contributed by atoms with Crippen LogP contribution in [0.5, 0.6) is 11.5 Å². The number of benzene rings is 1. The van der Waals surface area contributed by atoms with Gasteiger partial charge in [-0.25, -0.2) is 8.42 Å². The smallest absolute Gasteiger partial charge is 0.396 e. The van der Waals surface area contributed by atoms with Crippen molar-refractivity contribution in [3.05, 3.63) is 18.2 Å². The number of halogens is 2. The lowest BCUT2D eigenvalue weighted by Crippen LogP contribution is -2.25. The first-order chi connectivity index (χ1) is 9.31. The number of aliphatic hydroxyl groups excluding tert-OH is 1. The van der Waals surface area contributed by atoms with Gasteiger partial charge in [-0.05, 0) is 25.0 Å². The Hall–Kier alpha value is -1.61. The fourth-order valence-electron chi connectivity index (χ4n) is 1.65. The van der Waals surface area contributed by atoms with Gasteiger partial charge in [0.2, 0.25) is 10.0 Å². The van der Waals surface area contributed by atoms with Crippen LogP contribution in [0, 0.1) is 0 Å². The SMILES string of the molecule is O=S(=O)(CCCCO)Nc1ccc2c(c1)OC(F)(F)O2. The molecule has 0 spiro atoms. The van der Waals surface area contributed by atoms with E-state index in [1.165, 1.54) is 12.1 Å². The summed E-state index contributed by atoms with van der Waals surface area (Å²) in [5.41, 5.74) is 0.106. The van der Waals surface area contributed by atoms with E-state index in [9.17, 15) is 17.2 Å². The molecule has 6 nitrogen and oxygen atoms in total. The maximum Gasteiger partial charge on any atom is 0.586 e. The zero-order valence-corrected chi connectivity index (χ0v) is 11.1. The molecule has 1 aliphatic heterocycles. The zero-order chi connectivity index (χ0) is 14.8. The van der Waals surface area contributed by atoms with Crippen LogP contribution in [0.4, 0.5) is 14.5 Å². The summed E-state index contributed by atoms with van der Waals surface area (Å²) >= 11 is 0. The minimum absolute atomic E-state index is 0.0887. The molecule has 1 aromatic carbocycles. The van der Waals surface area contributed by atoms with Gasteiger partial charge in [0, 0.05) is 12.7 Å². The molecule has 0 atom stereocenters. The van der Waals surface area contributed by atoms with Crippen molar-refractivity contribution in [1.82, 2.24) is 0 Å². The van der Waals surface area contributed by atoms with Gasteiger partial charge in [-0.3, -0.25) is 4.72 Å². The number of fused-ring (bicyclic) bond motifs is 1. The Balaban J connectivity index is 2.05. The van der Waals surface area contributed by atoms with E-state index in [-0.39, 0.29) is 29.5 Å². The van der Waals surface area contributed by atoms with Crippen LogP contribution in [-0.2, 0) is 10.0 Å². The minimum Gasteiger partial charge on any atom is -0.396 e. The Bertz CT molecular complexity index is 590. The minimum atomic E-state index is -3.74. The third-order valence-electron chi connectivity index (χ3n) is 2.50. The largest absolute Gasteiger partial charge is 0.586 e. The van der Waals surface area contributed by atoms with Gasteiger partial charge in [0.25, 0.3) is 0 Å². The molecule has 0 fully saturated rings. The molecule has 0 amide bonds. The van der Waals surface area contributed by atoms with Crippen molar-refractivity contribution in [1.29, 1.82) is 0 Å². The van der Waals surface area contributed by atoms with E-state index >= 15 is 0 Å². The van der Waals surface area contributed by atoms with Crippen molar-refractivity contribution >= 4 is 15.7 Å². The predicted octanol–water partition coefficient (Wildman–Crippen LogP) is 1.52. The summed E-state index contributed by atoms with van der Waals surface area (Å²) in [7, 11) is -3.60. The first-order valence-corrected chi connectivity index (χ1v) is 7.48. The molecule has 0 bridgehead atoms. The molecule has 0 unspecified atom stereocenters. The first kappa shape index (κ1) is 14.8. The second-order valence-corrected chi connectivity index (χ2v) is 6.02. The van der Waals surface area contributed by atoms with Gasteiger partial charge in [0.1, 0.15) is 0 Å². The maximum absolute atomic E-state index is 12.8. The van der Waals surface area contributed by atoms with Crippen LogP contribution >= 0.6 is 0 Å². The van der Waals surface area contributed by atoms with Crippen molar-refractivity contribution < 1.29 is 31.8 Å². The molecule has 0 radical (unpaired) electrons. The van der Waals surface area contributed by atoms with Gasteiger partial charge in [-0.15, -0.1) is 8.78 Å². The van der Waals surface area contributed by atoms with E-state index in [4.69, 9.17) is 5.11 Å². The molecule has 1 heterocycles. The number of anilines is 1. The Morgan fingerprint density at radius 1 is 1.20 bits per heavy atom. The Labute approximate surface area is 114 Å². The summed E-state index contributed by atoms with van der Waals surface area (Å²) in [5.74, 6) is -0.554. The average molecular weight is 309 g/mol. The van der Waals surface area contributed by atoms with E-state index in [0.717, 1.165) is 6.07 Å². The van der Waals surface area contributed by atoms with Crippen molar-refractivity contribution in [2.45, 2.75) is 19.1 Å². The summed E-state index contributed by atoms with van der Waals surface area (Å²) in [5, 5.41) is 8.59. The summed E-state index contributed by atoms with van der Waals surface area (Å²) in [6.45, 7) is -0.0887. The van der Waals surface area contributed by atoms with Gasteiger partial charge in [-0.2, -0.15) is 0 Å². The van der Waals surface area contributed by atoms with Crippen molar-refractivity contribution in [3.63, 3.8) is 0 Å². The second kappa shape index (κ2) is 5.41. The normalized spacial score (nSPS) is 16.1. The third kappa shape index (κ3) is 3.70. The molecule has 1 aromatic rings. The molecule has 0 aliphatic carbocycles. The standard InChI is InChI=1S/C11H13F2NO5S/c12-11(13)18-9-4-3-8(7-10(9)19-11)14-20(16,17)6-2-1-5-15/h3-4,7,14-15H,1-2,5-6H2. The van der Waals surface area contributed by atoms with Crippen LogP contribution in [0.15, 0.2) is 18.2 Å².